The average Bonchev–Trinajstić information content (AvgIpc) is 3.39. The molecule has 7 nitrogen and oxygen atoms in total. The molecule has 0 aliphatic heterocycles. The zero-order chi connectivity index (χ0) is 23.6. The molecule has 0 aliphatic carbocycles. The van der Waals surface area contributed by atoms with E-state index in [1.54, 1.807) is 36.4 Å². The van der Waals surface area contributed by atoms with Crippen molar-refractivity contribution < 1.29 is 18.7 Å². The first kappa shape index (κ1) is 22.7. The van der Waals surface area contributed by atoms with Crippen molar-refractivity contribution in [1.82, 2.24) is 0 Å². The molecule has 2 amide bonds. The Morgan fingerprint density at radius 2 is 1.53 bits per heavy atom. The van der Waals surface area contributed by atoms with Gasteiger partial charge in [-0.15, -0.1) is 0 Å². The third-order valence-electron chi connectivity index (χ3n) is 4.94. The van der Waals surface area contributed by atoms with Crippen molar-refractivity contribution in [2.45, 2.75) is 6.42 Å². The van der Waals surface area contributed by atoms with E-state index in [1.807, 2.05) is 42.5 Å². The minimum absolute atomic E-state index is 0.0642. The summed E-state index contributed by atoms with van der Waals surface area (Å²) in [5.41, 5.74) is 3.16. The molecule has 0 saturated carbocycles. The molecular formula is C27H25N3O4. The minimum Gasteiger partial charge on any atom is -0.493 e. The van der Waals surface area contributed by atoms with Crippen molar-refractivity contribution in [3.63, 3.8) is 0 Å². The first-order valence-electron chi connectivity index (χ1n) is 10.9. The molecule has 0 spiro atoms. The number of ether oxygens (including phenoxy) is 1. The van der Waals surface area contributed by atoms with Crippen LogP contribution in [-0.2, 0) is 11.2 Å². The summed E-state index contributed by atoms with van der Waals surface area (Å²) >= 11 is 0. The maximum absolute atomic E-state index is 12.4. The van der Waals surface area contributed by atoms with Gasteiger partial charge in [-0.05, 0) is 48.0 Å². The second-order valence-electron chi connectivity index (χ2n) is 7.53. The molecule has 7 heteroatoms. The van der Waals surface area contributed by atoms with Crippen LogP contribution in [0.5, 0.6) is 5.75 Å². The van der Waals surface area contributed by atoms with Crippen LogP contribution in [0.4, 0.5) is 17.1 Å². The second kappa shape index (κ2) is 11.4. The van der Waals surface area contributed by atoms with Gasteiger partial charge < -0.3 is 25.1 Å². The van der Waals surface area contributed by atoms with Gasteiger partial charge in [-0.25, -0.2) is 0 Å². The minimum atomic E-state index is -0.342. The van der Waals surface area contributed by atoms with Crippen LogP contribution in [0.2, 0.25) is 0 Å². The molecule has 1 heterocycles. The van der Waals surface area contributed by atoms with Gasteiger partial charge in [0.1, 0.15) is 5.75 Å². The summed E-state index contributed by atoms with van der Waals surface area (Å²) in [4.78, 5) is 24.5. The van der Waals surface area contributed by atoms with E-state index in [0.717, 1.165) is 6.42 Å². The molecule has 0 fully saturated rings. The maximum Gasteiger partial charge on any atom is 0.291 e. The highest BCUT2D eigenvalue weighted by Gasteiger charge is 2.09. The molecule has 3 N–H and O–H groups in total. The molecule has 172 valence electrons. The molecular weight excluding hydrogens is 430 g/mol. The quantitative estimate of drug-likeness (QED) is 0.306. The van der Waals surface area contributed by atoms with Crippen LogP contribution in [0.15, 0.2) is 102 Å². The van der Waals surface area contributed by atoms with Gasteiger partial charge in [-0.2, -0.15) is 0 Å². The van der Waals surface area contributed by atoms with Crippen LogP contribution in [-0.4, -0.2) is 25.0 Å². The average molecular weight is 456 g/mol. The standard InChI is InChI=1S/C27H25N3O4/c31-26(19-28-21-9-4-10-22(17-21)30-27(32)25-13-6-15-34-25)29-23-11-5-12-24(18-23)33-16-14-20-7-2-1-3-8-20/h1-13,15,17-18,28H,14,16,19H2,(H,29,31)(H,30,32). The van der Waals surface area contributed by atoms with Crippen LogP contribution in [0.25, 0.3) is 0 Å². The third-order valence-corrected chi connectivity index (χ3v) is 4.94. The SMILES string of the molecule is O=C(CNc1cccc(NC(=O)c2ccco2)c1)Nc1cccc(OCCc2ccccc2)c1. The number of carbonyl (C=O) groups excluding carboxylic acids is 2. The van der Waals surface area contributed by atoms with Crippen molar-refractivity contribution in [2.75, 3.05) is 29.1 Å². The number of rotatable bonds is 10. The van der Waals surface area contributed by atoms with E-state index in [4.69, 9.17) is 9.15 Å². The van der Waals surface area contributed by atoms with Gasteiger partial charge in [-0.1, -0.05) is 42.5 Å². The number of hydrogen-bond acceptors (Lipinski definition) is 5. The number of nitrogens with one attached hydrogen (secondary N) is 3. The van der Waals surface area contributed by atoms with Crippen molar-refractivity contribution in [3.05, 3.63) is 109 Å². The number of hydrogen-bond donors (Lipinski definition) is 3. The molecule has 1 aromatic heterocycles. The highest BCUT2D eigenvalue weighted by Crippen LogP contribution is 2.19. The lowest BCUT2D eigenvalue weighted by molar-refractivity contribution is -0.114. The van der Waals surface area contributed by atoms with Crippen LogP contribution in [0, 0.1) is 0 Å². The normalized spacial score (nSPS) is 10.4. The van der Waals surface area contributed by atoms with E-state index in [9.17, 15) is 9.59 Å². The smallest absolute Gasteiger partial charge is 0.291 e. The summed E-state index contributed by atoms with van der Waals surface area (Å²) in [6, 6.07) is 27.8. The van der Waals surface area contributed by atoms with Gasteiger partial charge in [-0.3, -0.25) is 9.59 Å². The highest BCUT2D eigenvalue weighted by atomic mass is 16.5. The zero-order valence-electron chi connectivity index (χ0n) is 18.5. The summed E-state index contributed by atoms with van der Waals surface area (Å²) in [6.07, 6.45) is 2.25. The fraction of sp³-hybridized carbons (Fsp3) is 0.111. The third kappa shape index (κ3) is 6.74. The molecule has 0 radical (unpaired) electrons. The van der Waals surface area contributed by atoms with E-state index < -0.39 is 0 Å². The molecule has 0 atom stereocenters. The van der Waals surface area contributed by atoms with E-state index in [2.05, 4.69) is 28.1 Å². The van der Waals surface area contributed by atoms with Gasteiger partial charge in [0.05, 0.1) is 19.4 Å². The molecule has 0 saturated heterocycles. The highest BCUT2D eigenvalue weighted by molar-refractivity contribution is 6.02. The number of furan rings is 1. The Morgan fingerprint density at radius 1 is 0.765 bits per heavy atom. The van der Waals surface area contributed by atoms with Crippen molar-refractivity contribution in [1.29, 1.82) is 0 Å². The molecule has 4 aromatic rings. The lowest BCUT2D eigenvalue weighted by Crippen LogP contribution is -2.21. The number of amides is 2. The Labute approximate surface area is 197 Å². The molecule has 34 heavy (non-hydrogen) atoms. The Bertz CT molecular complexity index is 1220. The summed E-state index contributed by atoms with van der Waals surface area (Å²) in [5.74, 6) is 0.378. The Hall–Kier alpha value is -4.52. The monoisotopic (exact) mass is 455 g/mol. The van der Waals surface area contributed by atoms with E-state index in [0.29, 0.717) is 29.4 Å². The lowest BCUT2D eigenvalue weighted by atomic mass is 10.2. The fourth-order valence-corrected chi connectivity index (χ4v) is 3.29. The van der Waals surface area contributed by atoms with Gasteiger partial charge in [0.15, 0.2) is 5.76 Å². The van der Waals surface area contributed by atoms with Gasteiger partial charge in [0, 0.05) is 29.5 Å². The molecule has 0 aliphatic rings. The maximum atomic E-state index is 12.4. The number of anilines is 3. The molecule has 0 unspecified atom stereocenters. The Kier molecular flexibility index (Phi) is 7.58. The molecule has 4 rings (SSSR count). The summed E-state index contributed by atoms with van der Waals surface area (Å²) in [7, 11) is 0. The molecule has 0 bridgehead atoms. The first-order valence-corrected chi connectivity index (χ1v) is 10.9. The lowest BCUT2D eigenvalue weighted by Gasteiger charge is -2.11. The zero-order valence-corrected chi connectivity index (χ0v) is 18.5. The van der Waals surface area contributed by atoms with E-state index in [-0.39, 0.29) is 24.1 Å². The fourth-order valence-electron chi connectivity index (χ4n) is 3.29. The summed E-state index contributed by atoms with van der Waals surface area (Å²) in [5, 5.41) is 8.68. The van der Waals surface area contributed by atoms with Crippen LogP contribution in [0.1, 0.15) is 16.1 Å². The summed E-state index contributed by atoms with van der Waals surface area (Å²) < 4.78 is 10.9. The predicted octanol–water partition coefficient (Wildman–Crippen LogP) is 5.20. The first-order chi connectivity index (χ1) is 16.7. The number of benzene rings is 3. The summed E-state index contributed by atoms with van der Waals surface area (Å²) in [6.45, 7) is 0.616. The van der Waals surface area contributed by atoms with Crippen molar-refractivity contribution >= 4 is 28.9 Å². The Morgan fingerprint density at radius 3 is 2.32 bits per heavy atom. The molecule has 3 aromatic carbocycles. The van der Waals surface area contributed by atoms with Gasteiger partial charge in [0.25, 0.3) is 5.91 Å². The van der Waals surface area contributed by atoms with Crippen LogP contribution >= 0.6 is 0 Å². The van der Waals surface area contributed by atoms with Gasteiger partial charge in [0.2, 0.25) is 5.91 Å². The van der Waals surface area contributed by atoms with Crippen LogP contribution < -0.4 is 20.7 Å². The predicted molar refractivity (Wildman–Crippen MR) is 132 cm³/mol. The largest absolute Gasteiger partial charge is 0.493 e. The van der Waals surface area contributed by atoms with Crippen molar-refractivity contribution in [3.8, 4) is 5.75 Å². The topological polar surface area (TPSA) is 92.6 Å². The van der Waals surface area contributed by atoms with Crippen molar-refractivity contribution in [2.24, 2.45) is 0 Å². The van der Waals surface area contributed by atoms with E-state index >= 15 is 0 Å². The van der Waals surface area contributed by atoms with Crippen LogP contribution in [0.3, 0.4) is 0 Å². The Balaban J connectivity index is 1.24. The number of carbonyl (C=O) groups is 2. The second-order valence-corrected chi connectivity index (χ2v) is 7.53. The van der Waals surface area contributed by atoms with Gasteiger partial charge >= 0.3 is 0 Å². The van der Waals surface area contributed by atoms with E-state index in [1.165, 1.54) is 11.8 Å².